The van der Waals surface area contributed by atoms with Crippen LogP contribution >= 0.6 is 0 Å². The van der Waals surface area contributed by atoms with Crippen LogP contribution in [0.4, 0.5) is 11.5 Å². The number of anilines is 1. The number of pyridine rings is 1. The van der Waals surface area contributed by atoms with E-state index in [9.17, 15) is 10.1 Å². The molecule has 1 heterocycles. The molecule has 0 amide bonds. The molecule has 1 aromatic heterocycles. The minimum absolute atomic E-state index is 0.154. The third-order valence-electron chi connectivity index (χ3n) is 4.18. The third-order valence-corrected chi connectivity index (χ3v) is 4.18. The normalized spacial score (nSPS) is 21.5. The molecule has 21 heavy (non-hydrogen) atoms. The third kappa shape index (κ3) is 4.15. The van der Waals surface area contributed by atoms with Crippen LogP contribution < -0.4 is 5.32 Å². The van der Waals surface area contributed by atoms with Gasteiger partial charge in [-0.25, -0.2) is 4.98 Å². The Balaban J connectivity index is 1.88. The average molecular weight is 288 g/mol. The summed E-state index contributed by atoms with van der Waals surface area (Å²) in [6.07, 6.45) is 7.36. The van der Waals surface area contributed by atoms with Gasteiger partial charge in [0.25, 0.3) is 5.69 Å². The summed E-state index contributed by atoms with van der Waals surface area (Å²) in [7, 11) is 0. The number of nitrogens with zero attached hydrogens (tertiary/aromatic N) is 3. The van der Waals surface area contributed by atoms with Gasteiger partial charge in [0.15, 0.2) is 0 Å². The van der Waals surface area contributed by atoms with Crippen LogP contribution in [0, 0.1) is 33.3 Å². The highest BCUT2D eigenvalue weighted by atomic mass is 16.6. The van der Waals surface area contributed by atoms with Crippen LogP contribution in [-0.2, 0) is 0 Å². The second kappa shape index (κ2) is 7.02. The molecule has 0 spiro atoms. The Kier molecular flexibility index (Phi) is 5.09. The van der Waals surface area contributed by atoms with Crippen molar-refractivity contribution < 1.29 is 4.92 Å². The molecule has 0 radical (unpaired) electrons. The molecule has 1 fully saturated rings. The van der Waals surface area contributed by atoms with E-state index in [4.69, 9.17) is 5.26 Å². The molecule has 1 N–H and O–H groups in total. The van der Waals surface area contributed by atoms with Crippen molar-refractivity contribution in [3.05, 3.63) is 27.9 Å². The largest absolute Gasteiger partial charge is 0.369 e. The Hall–Kier alpha value is -2.16. The summed E-state index contributed by atoms with van der Waals surface area (Å²) in [6, 6.07) is 3.22. The van der Waals surface area contributed by atoms with Gasteiger partial charge in [0.1, 0.15) is 23.6 Å². The fourth-order valence-electron chi connectivity index (χ4n) is 2.79. The van der Waals surface area contributed by atoms with Crippen molar-refractivity contribution in [3.8, 4) is 6.07 Å². The number of rotatable bonds is 5. The van der Waals surface area contributed by atoms with E-state index >= 15 is 0 Å². The van der Waals surface area contributed by atoms with Crippen molar-refractivity contribution in [2.75, 3.05) is 11.9 Å². The maximum atomic E-state index is 10.7. The fourth-order valence-corrected chi connectivity index (χ4v) is 2.79. The van der Waals surface area contributed by atoms with Gasteiger partial charge in [-0.05, 0) is 18.3 Å². The van der Waals surface area contributed by atoms with Crippen molar-refractivity contribution in [2.45, 2.75) is 39.0 Å². The molecule has 6 nitrogen and oxygen atoms in total. The zero-order valence-corrected chi connectivity index (χ0v) is 12.2. The van der Waals surface area contributed by atoms with Crippen LogP contribution in [0.5, 0.6) is 0 Å². The molecule has 1 aliphatic rings. The molecule has 1 saturated carbocycles. The molecule has 0 bridgehead atoms. The highest BCUT2D eigenvalue weighted by molar-refractivity contribution is 5.55. The van der Waals surface area contributed by atoms with E-state index in [0.29, 0.717) is 5.82 Å². The molecule has 0 unspecified atom stereocenters. The topological polar surface area (TPSA) is 91.8 Å². The van der Waals surface area contributed by atoms with Crippen molar-refractivity contribution in [2.24, 2.45) is 11.8 Å². The highest BCUT2D eigenvalue weighted by Crippen LogP contribution is 2.30. The van der Waals surface area contributed by atoms with Crippen LogP contribution in [-0.4, -0.2) is 16.5 Å². The molecule has 1 aliphatic carbocycles. The molecule has 0 aliphatic heterocycles. The molecule has 6 heteroatoms. The average Bonchev–Trinajstić information content (AvgIpc) is 2.49. The standard InChI is InChI=1S/C15H20N4O2/c1-11-2-4-12(5-3-11)6-7-17-15-13(9-16)8-14(10-18-15)19(20)21/h8,10-12H,2-7H2,1H3,(H,17,18). The molecule has 0 aromatic carbocycles. The van der Waals surface area contributed by atoms with E-state index in [1.54, 1.807) is 0 Å². The van der Waals surface area contributed by atoms with Crippen LogP contribution in [0.1, 0.15) is 44.6 Å². The number of nitriles is 1. The zero-order chi connectivity index (χ0) is 15.2. The summed E-state index contributed by atoms with van der Waals surface area (Å²) in [4.78, 5) is 14.1. The first-order valence-corrected chi connectivity index (χ1v) is 7.38. The molecule has 1 aromatic rings. The van der Waals surface area contributed by atoms with E-state index in [2.05, 4.69) is 17.2 Å². The van der Waals surface area contributed by atoms with Gasteiger partial charge in [0.2, 0.25) is 0 Å². The molecular weight excluding hydrogens is 268 g/mol. The van der Waals surface area contributed by atoms with Crippen LogP contribution in [0.25, 0.3) is 0 Å². The van der Waals surface area contributed by atoms with Gasteiger partial charge in [0.05, 0.1) is 4.92 Å². The van der Waals surface area contributed by atoms with Crippen molar-refractivity contribution in [3.63, 3.8) is 0 Å². The van der Waals surface area contributed by atoms with Gasteiger partial charge < -0.3 is 5.32 Å². The van der Waals surface area contributed by atoms with Gasteiger partial charge in [0, 0.05) is 12.6 Å². The quantitative estimate of drug-likeness (QED) is 0.661. The van der Waals surface area contributed by atoms with Gasteiger partial charge in [-0.3, -0.25) is 10.1 Å². The lowest BCUT2D eigenvalue weighted by Gasteiger charge is -2.26. The summed E-state index contributed by atoms with van der Waals surface area (Å²) in [5.41, 5.74) is 0.0693. The van der Waals surface area contributed by atoms with Gasteiger partial charge >= 0.3 is 0 Å². The first-order chi connectivity index (χ1) is 10.1. The number of nitro groups is 1. The summed E-state index contributed by atoms with van der Waals surface area (Å²) in [5, 5.41) is 22.8. The number of nitrogens with one attached hydrogen (secondary N) is 1. The second-order valence-corrected chi connectivity index (χ2v) is 5.80. The van der Waals surface area contributed by atoms with Gasteiger partial charge in [-0.15, -0.1) is 0 Å². The van der Waals surface area contributed by atoms with E-state index in [1.165, 1.54) is 37.9 Å². The zero-order valence-electron chi connectivity index (χ0n) is 12.2. The molecule has 0 saturated heterocycles. The Morgan fingerprint density at radius 1 is 1.48 bits per heavy atom. The lowest BCUT2D eigenvalue weighted by atomic mass is 9.81. The predicted molar refractivity (Wildman–Crippen MR) is 79.8 cm³/mol. The Labute approximate surface area is 124 Å². The van der Waals surface area contributed by atoms with Crippen molar-refractivity contribution in [1.82, 2.24) is 4.98 Å². The van der Waals surface area contributed by atoms with Crippen LogP contribution in [0.2, 0.25) is 0 Å². The minimum Gasteiger partial charge on any atom is -0.369 e. The Bertz CT molecular complexity index is 545. The molecule has 0 atom stereocenters. The first-order valence-electron chi connectivity index (χ1n) is 7.38. The van der Waals surface area contributed by atoms with Crippen molar-refractivity contribution >= 4 is 11.5 Å². The van der Waals surface area contributed by atoms with E-state index in [1.807, 2.05) is 6.07 Å². The highest BCUT2D eigenvalue weighted by Gasteiger charge is 2.18. The minimum atomic E-state index is -0.541. The summed E-state index contributed by atoms with van der Waals surface area (Å²) in [6.45, 7) is 3.05. The number of aromatic nitrogens is 1. The molecular formula is C15H20N4O2. The monoisotopic (exact) mass is 288 g/mol. The first kappa shape index (κ1) is 15.2. The lowest BCUT2D eigenvalue weighted by Crippen LogP contribution is -2.16. The van der Waals surface area contributed by atoms with E-state index in [-0.39, 0.29) is 11.3 Å². The van der Waals surface area contributed by atoms with Gasteiger partial charge in [-0.2, -0.15) is 5.26 Å². The van der Waals surface area contributed by atoms with Crippen molar-refractivity contribution in [1.29, 1.82) is 5.26 Å². The smallest absolute Gasteiger partial charge is 0.289 e. The van der Waals surface area contributed by atoms with E-state index < -0.39 is 4.92 Å². The van der Waals surface area contributed by atoms with Gasteiger partial charge in [-0.1, -0.05) is 32.6 Å². The summed E-state index contributed by atoms with van der Waals surface area (Å²) >= 11 is 0. The second-order valence-electron chi connectivity index (χ2n) is 5.80. The fraction of sp³-hybridized carbons (Fsp3) is 0.600. The summed E-state index contributed by atoms with van der Waals surface area (Å²) < 4.78 is 0. The predicted octanol–water partition coefficient (Wildman–Crippen LogP) is 3.49. The van der Waals surface area contributed by atoms with Crippen LogP contribution in [0.15, 0.2) is 12.3 Å². The number of hydrogen-bond acceptors (Lipinski definition) is 5. The SMILES string of the molecule is CC1CCC(CCNc2ncc([N+](=O)[O-])cc2C#N)CC1. The number of hydrogen-bond donors (Lipinski definition) is 1. The molecule has 2 rings (SSSR count). The Morgan fingerprint density at radius 2 is 2.19 bits per heavy atom. The Morgan fingerprint density at radius 3 is 2.81 bits per heavy atom. The maximum absolute atomic E-state index is 10.7. The lowest BCUT2D eigenvalue weighted by molar-refractivity contribution is -0.385. The summed E-state index contributed by atoms with van der Waals surface area (Å²) in [5.74, 6) is 2.01. The maximum Gasteiger partial charge on any atom is 0.289 e. The van der Waals surface area contributed by atoms with E-state index in [0.717, 1.165) is 24.8 Å². The van der Waals surface area contributed by atoms with Crippen LogP contribution in [0.3, 0.4) is 0 Å². The molecule has 112 valence electrons.